The quantitative estimate of drug-likeness (QED) is 0.794. The first-order chi connectivity index (χ1) is 9.26. The predicted molar refractivity (Wildman–Crippen MR) is 83.7 cm³/mol. The fraction of sp³-hybridized carbons (Fsp3) is 0.250. The van der Waals surface area contributed by atoms with Gasteiger partial charge in [-0.15, -0.1) is 12.4 Å². The van der Waals surface area contributed by atoms with Gasteiger partial charge in [-0.3, -0.25) is 0 Å². The molecule has 0 saturated heterocycles. The summed E-state index contributed by atoms with van der Waals surface area (Å²) in [5.74, 6) is 0. The van der Waals surface area contributed by atoms with Gasteiger partial charge in [-0.1, -0.05) is 48.5 Å². The van der Waals surface area contributed by atoms with Gasteiger partial charge >= 0.3 is 0 Å². The molecule has 2 aromatic rings. The fourth-order valence-corrected chi connectivity index (χ4v) is 2.16. The van der Waals surface area contributed by atoms with Crippen LogP contribution in [-0.4, -0.2) is 16.8 Å². The topological polar surface area (TPSA) is 66.5 Å². The molecule has 2 rings (SSSR count). The first kappa shape index (κ1) is 16.7. The standard InChI is InChI=1S/C16H19NO2.ClH/c17-16(9-10-18)13-7-5-12(6-8-13)15-4-2-1-3-14(15)11-19;/h1-8,16,18-19H,9-11,17H2;1H. The Bertz CT molecular complexity index is 528. The third-order valence-electron chi connectivity index (χ3n) is 3.28. The Morgan fingerprint density at radius 1 is 0.950 bits per heavy atom. The van der Waals surface area contributed by atoms with Crippen LogP contribution in [0.3, 0.4) is 0 Å². The molecule has 0 amide bonds. The largest absolute Gasteiger partial charge is 0.396 e. The molecule has 4 heteroatoms. The Morgan fingerprint density at radius 3 is 2.20 bits per heavy atom. The van der Waals surface area contributed by atoms with E-state index in [0.29, 0.717) is 6.42 Å². The molecule has 108 valence electrons. The smallest absolute Gasteiger partial charge is 0.0687 e. The molecular formula is C16H20ClNO2. The molecule has 0 aliphatic heterocycles. The minimum Gasteiger partial charge on any atom is -0.396 e. The molecule has 0 aromatic heterocycles. The van der Waals surface area contributed by atoms with Gasteiger partial charge in [-0.25, -0.2) is 0 Å². The predicted octanol–water partition coefficient (Wildman–Crippen LogP) is 2.65. The van der Waals surface area contributed by atoms with E-state index >= 15 is 0 Å². The molecule has 3 nitrogen and oxygen atoms in total. The molecule has 1 unspecified atom stereocenters. The van der Waals surface area contributed by atoms with Crippen LogP contribution in [0.25, 0.3) is 11.1 Å². The Hall–Kier alpha value is -1.39. The highest BCUT2D eigenvalue weighted by molar-refractivity contribution is 5.85. The number of aliphatic hydroxyl groups excluding tert-OH is 2. The molecular weight excluding hydrogens is 274 g/mol. The third kappa shape index (κ3) is 3.81. The molecule has 0 aliphatic rings. The van der Waals surface area contributed by atoms with Crippen LogP contribution in [0.4, 0.5) is 0 Å². The summed E-state index contributed by atoms with van der Waals surface area (Å²) in [5.41, 5.74) is 9.97. The minimum absolute atomic E-state index is 0. The number of aliphatic hydroxyl groups is 2. The maximum Gasteiger partial charge on any atom is 0.0687 e. The SMILES string of the molecule is Cl.NC(CCO)c1ccc(-c2ccccc2CO)cc1. The molecule has 0 saturated carbocycles. The van der Waals surface area contributed by atoms with E-state index in [1.807, 2.05) is 48.5 Å². The van der Waals surface area contributed by atoms with Crippen molar-refractivity contribution < 1.29 is 10.2 Å². The molecule has 4 N–H and O–H groups in total. The second-order valence-electron chi connectivity index (χ2n) is 4.56. The Balaban J connectivity index is 0.00000200. The summed E-state index contributed by atoms with van der Waals surface area (Å²) < 4.78 is 0. The highest BCUT2D eigenvalue weighted by Gasteiger charge is 2.07. The van der Waals surface area contributed by atoms with Crippen LogP contribution in [0.2, 0.25) is 0 Å². The van der Waals surface area contributed by atoms with Crippen molar-refractivity contribution in [1.82, 2.24) is 0 Å². The monoisotopic (exact) mass is 293 g/mol. The number of benzene rings is 2. The second kappa shape index (κ2) is 8.02. The van der Waals surface area contributed by atoms with Crippen molar-refractivity contribution in [1.29, 1.82) is 0 Å². The summed E-state index contributed by atoms with van der Waals surface area (Å²) in [6, 6.07) is 15.6. The molecule has 0 fully saturated rings. The average Bonchev–Trinajstić information content (AvgIpc) is 2.47. The van der Waals surface area contributed by atoms with Gasteiger partial charge in [0.1, 0.15) is 0 Å². The highest BCUT2D eigenvalue weighted by Crippen LogP contribution is 2.25. The second-order valence-corrected chi connectivity index (χ2v) is 4.56. The Kier molecular flexibility index (Phi) is 6.68. The lowest BCUT2D eigenvalue weighted by Crippen LogP contribution is -2.11. The van der Waals surface area contributed by atoms with Crippen molar-refractivity contribution in [2.75, 3.05) is 6.61 Å². The van der Waals surface area contributed by atoms with Crippen LogP contribution in [0, 0.1) is 0 Å². The van der Waals surface area contributed by atoms with Crippen LogP contribution >= 0.6 is 12.4 Å². The van der Waals surface area contributed by atoms with Crippen molar-refractivity contribution in [3.05, 3.63) is 59.7 Å². The molecule has 0 heterocycles. The zero-order valence-corrected chi connectivity index (χ0v) is 12.0. The van der Waals surface area contributed by atoms with Crippen molar-refractivity contribution in [3.8, 4) is 11.1 Å². The summed E-state index contributed by atoms with van der Waals surface area (Å²) in [4.78, 5) is 0. The zero-order valence-electron chi connectivity index (χ0n) is 11.2. The first-order valence-corrected chi connectivity index (χ1v) is 6.41. The molecule has 20 heavy (non-hydrogen) atoms. The average molecular weight is 294 g/mol. The number of nitrogens with two attached hydrogens (primary N) is 1. The van der Waals surface area contributed by atoms with Gasteiger partial charge in [0.05, 0.1) is 6.61 Å². The number of halogens is 1. The van der Waals surface area contributed by atoms with Gasteiger partial charge in [0.2, 0.25) is 0 Å². The van der Waals surface area contributed by atoms with E-state index in [1.54, 1.807) is 0 Å². The van der Waals surface area contributed by atoms with Crippen LogP contribution in [0.5, 0.6) is 0 Å². The highest BCUT2D eigenvalue weighted by atomic mass is 35.5. The lowest BCUT2D eigenvalue weighted by molar-refractivity contribution is 0.276. The van der Waals surface area contributed by atoms with Crippen molar-refractivity contribution in [2.45, 2.75) is 19.1 Å². The number of hydrogen-bond acceptors (Lipinski definition) is 3. The zero-order chi connectivity index (χ0) is 13.7. The maximum absolute atomic E-state index is 9.34. The third-order valence-corrected chi connectivity index (χ3v) is 3.28. The van der Waals surface area contributed by atoms with Gasteiger partial charge in [-0.05, 0) is 28.7 Å². The lowest BCUT2D eigenvalue weighted by atomic mass is 9.97. The molecule has 2 aromatic carbocycles. The Labute approximate surface area is 125 Å². The lowest BCUT2D eigenvalue weighted by Gasteiger charge is -2.12. The summed E-state index contributed by atoms with van der Waals surface area (Å²) in [7, 11) is 0. The molecule has 1 atom stereocenters. The number of rotatable bonds is 5. The van der Waals surface area contributed by atoms with E-state index in [9.17, 15) is 5.11 Å². The van der Waals surface area contributed by atoms with E-state index in [1.165, 1.54) is 0 Å². The maximum atomic E-state index is 9.34. The minimum atomic E-state index is -0.132. The van der Waals surface area contributed by atoms with Crippen molar-refractivity contribution in [2.24, 2.45) is 5.73 Å². The van der Waals surface area contributed by atoms with Gasteiger partial charge in [0, 0.05) is 12.6 Å². The summed E-state index contributed by atoms with van der Waals surface area (Å²) in [6.07, 6.45) is 0.562. The molecule has 0 radical (unpaired) electrons. The van der Waals surface area contributed by atoms with E-state index in [2.05, 4.69) is 0 Å². The van der Waals surface area contributed by atoms with Gasteiger partial charge < -0.3 is 15.9 Å². The van der Waals surface area contributed by atoms with Crippen molar-refractivity contribution in [3.63, 3.8) is 0 Å². The van der Waals surface area contributed by atoms with E-state index < -0.39 is 0 Å². The fourth-order valence-electron chi connectivity index (χ4n) is 2.16. The van der Waals surface area contributed by atoms with E-state index in [4.69, 9.17) is 10.8 Å². The van der Waals surface area contributed by atoms with Gasteiger partial charge in [-0.2, -0.15) is 0 Å². The molecule has 0 spiro atoms. The van der Waals surface area contributed by atoms with E-state index in [-0.39, 0.29) is 31.7 Å². The van der Waals surface area contributed by atoms with Crippen LogP contribution in [-0.2, 0) is 6.61 Å². The molecule has 0 aliphatic carbocycles. The summed E-state index contributed by atoms with van der Waals surface area (Å²) in [5, 5.41) is 18.2. The van der Waals surface area contributed by atoms with E-state index in [0.717, 1.165) is 22.3 Å². The van der Waals surface area contributed by atoms with Gasteiger partial charge in [0.25, 0.3) is 0 Å². The normalized spacial score (nSPS) is 11.8. The van der Waals surface area contributed by atoms with Gasteiger partial charge in [0.15, 0.2) is 0 Å². The summed E-state index contributed by atoms with van der Waals surface area (Å²) >= 11 is 0. The van der Waals surface area contributed by atoms with Crippen LogP contribution in [0.15, 0.2) is 48.5 Å². The van der Waals surface area contributed by atoms with Crippen LogP contribution < -0.4 is 5.73 Å². The van der Waals surface area contributed by atoms with Crippen LogP contribution in [0.1, 0.15) is 23.6 Å². The number of hydrogen-bond donors (Lipinski definition) is 3. The molecule has 0 bridgehead atoms. The van der Waals surface area contributed by atoms with Crippen molar-refractivity contribution >= 4 is 12.4 Å². The summed E-state index contributed by atoms with van der Waals surface area (Å²) in [6.45, 7) is 0.123. The first-order valence-electron chi connectivity index (χ1n) is 6.41. The Morgan fingerprint density at radius 2 is 1.60 bits per heavy atom.